The summed E-state index contributed by atoms with van der Waals surface area (Å²) in [6, 6.07) is 24.1. The summed E-state index contributed by atoms with van der Waals surface area (Å²) in [7, 11) is 0. The van der Waals surface area contributed by atoms with Gasteiger partial charge in [0.15, 0.2) is 17.4 Å². The van der Waals surface area contributed by atoms with Gasteiger partial charge in [-0.25, -0.2) is 8.78 Å². The first-order valence-corrected chi connectivity index (χ1v) is 9.21. The smallest absolute Gasteiger partial charge is 0.257 e. The van der Waals surface area contributed by atoms with Gasteiger partial charge in [-0.2, -0.15) is 8.78 Å². The Hall–Kier alpha value is -3.87. The summed E-state index contributed by atoms with van der Waals surface area (Å²) in [5.74, 6) is -11.1. The number of carbonyl (C=O) groups excluding carboxylic acids is 1. The van der Waals surface area contributed by atoms with Crippen molar-refractivity contribution in [2.24, 2.45) is 0 Å². The van der Waals surface area contributed by atoms with E-state index in [1.54, 1.807) is 24.3 Å². The number of amides is 1. The van der Waals surface area contributed by atoms with Crippen LogP contribution in [0.4, 0.5) is 17.6 Å². The molecule has 0 radical (unpaired) electrons. The third kappa shape index (κ3) is 5.01. The SMILES string of the molecule is O=C(NCc1ccc(-c2ccccccccc2)cc1)c1c(F)c(F)c(O)c(F)c1F. The van der Waals surface area contributed by atoms with Gasteiger partial charge in [-0.1, -0.05) is 78.9 Å². The van der Waals surface area contributed by atoms with Crippen LogP contribution in [-0.2, 0) is 6.54 Å². The van der Waals surface area contributed by atoms with Crippen LogP contribution >= 0.6 is 0 Å². The van der Waals surface area contributed by atoms with Crippen molar-refractivity contribution in [3.63, 3.8) is 0 Å². The van der Waals surface area contributed by atoms with Crippen molar-refractivity contribution in [2.75, 3.05) is 0 Å². The highest BCUT2D eigenvalue weighted by Crippen LogP contribution is 2.28. The average molecular weight is 427 g/mol. The van der Waals surface area contributed by atoms with Gasteiger partial charge in [0.25, 0.3) is 5.91 Å². The first-order valence-electron chi connectivity index (χ1n) is 9.21. The zero-order valence-corrected chi connectivity index (χ0v) is 16.1. The minimum atomic E-state index is -2.03. The highest BCUT2D eigenvalue weighted by atomic mass is 19.2. The van der Waals surface area contributed by atoms with E-state index in [0.717, 1.165) is 11.1 Å². The Morgan fingerprint density at radius 2 is 1.13 bits per heavy atom. The summed E-state index contributed by atoms with van der Waals surface area (Å²) < 4.78 is 54.5. The molecule has 0 unspecified atom stereocenters. The molecule has 3 rings (SSSR count). The van der Waals surface area contributed by atoms with E-state index < -0.39 is 40.5 Å². The molecular weight excluding hydrogens is 410 g/mol. The molecule has 7 heteroatoms. The van der Waals surface area contributed by atoms with E-state index >= 15 is 0 Å². The molecule has 31 heavy (non-hydrogen) atoms. The number of halogens is 4. The number of nitrogens with one attached hydrogen (secondary N) is 1. The highest BCUT2D eigenvalue weighted by molar-refractivity contribution is 5.95. The lowest BCUT2D eigenvalue weighted by Crippen LogP contribution is -2.26. The predicted octanol–water partition coefficient (Wildman–Crippen LogP) is 5.67. The number of rotatable bonds is 4. The molecule has 0 aromatic heterocycles. The van der Waals surface area contributed by atoms with Gasteiger partial charge in [0.2, 0.25) is 11.6 Å². The second-order valence-corrected chi connectivity index (χ2v) is 6.49. The largest absolute Gasteiger partial charge is 0.503 e. The first-order chi connectivity index (χ1) is 14.9. The van der Waals surface area contributed by atoms with Gasteiger partial charge in [-0.05, 0) is 16.7 Å². The van der Waals surface area contributed by atoms with Crippen LogP contribution in [0.2, 0.25) is 0 Å². The Bertz CT molecular complexity index is 1110. The van der Waals surface area contributed by atoms with Crippen molar-refractivity contribution < 1.29 is 27.5 Å². The van der Waals surface area contributed by atoms with Crippen LogP contribution in [0, 0.1) is 23.3 Å². The Balaban J connectivity index is 1.77. The monoisotopic (exact) mass is 427 g/mol. The third-order valence-electron chi connectivity index (χ3n) is 4.43. The van der Waals surface area contributed by atoms with E-state index in [-0.39, 0.29) is 6.54 Å². The Morgan fingerprint density at radius 3 is 1.65 bits per heavy atom. The van der Waals surface area contributed by atoms with Crippen LogP contribution in [-0.4, -0.2) is 11.0 Å². The second-order valence-electron chi connectivity index (χ2n) is 6.49. The van der Waals surface area contributed by atoms with Crippen LogP contribution in [0.1, 0.15) is 15.9 Å². The standard InChI is InChI=1S/C24H17F4NO2/c25-19-18(20(26)22(28)23(30)21(19)27)24(31)29-14-15-10-12-17(13-11-15)16-8-6-4-2-1-3-5-7-9-16/h1-13,30H,14H2,(H,29,31). The molecule has 0 atom stereocenters. The number of hydrogen-bond donors (Lipinski definition) is 2. The maximum absolute atomic E-state index is 13.8. The lowest BCUT2D eigenvalue weighted by molar-refractivity contribution is 0.0939. The van der Waals surface area contributed by atoms with Crippen molar-refractivity contribution in [3.8, 4) is 16.9 Å². The van der Waals surface area contributed by atoms with E-state index in [1.165, 1.54) is 0 Å². The zero-order chi connectivity index (χ0) is 22.4. The molecule has 0 heterocycles. The Labute approximate surface area is 175 Å². The molecule has 3 nitrogen and oxygen atoms in total. The third-order valence-corrected chi connectivity index (χ3v) is 4.43. The van der Waals surface area contributed by atoms with Gasteiger partial charge in [0.05, 0.1) is 0 Å². The van der Waals surface area contributed by atoms with Gasteiger partial charge in [0, 0.05) is 6.54 Å². The molecule has 0 aliphatic carbocycles. The maximum Gasteiger partial charge on any atom is 0.257 e. The predicted molar refractivity (Wildman–Crippen MR) is 109 cm³/mol. The van der Waals surface area contributed by atoms with Gasteiger partial charge in [-0.15, -0.1) is 0 Å². The molecule has 0 bridgehead atoms. The van der Waals surface area contributed by atoms with Gasteiger partial charge < -0.3 is 10.4 Å². The van der Waals surface area contributed by atoms with Gasteiger partial charge in [-0.3, -0.25) is 4.79 Å². The van der Waals surface area contributed by atoms with Crippen molar-refractivity contribution in [2.45, 2.75) is 6.54 Å². The summed E-state index contributed by atoms with van der Waals surface area (Å²) >= 11 is 0. The highest BCUT2D eigenvalue weighted by Gasteiger charge is 2.29. The lowest BCUT2D eigenvalue weighted by Gasteiger charge is -2.10. The van der Waals surface area contributed by atoms with E-state index in [9.17, 15) is 22.4 Å². The normalized spacial score (nSPS) is 10.3. The van der Waals surface area contributed by atoms with Crippen LogP contribution in [0.3, 0.4) is 0 Å². The summed E-state index contributed by atoms with van der Waals surface area (Å²) in [5, 5.41) is 11.2. The van der Waals surface area contributed by atoms with E-state index in [4.69, 9.17) is 5.11 Å². The summed E-state index contributed by atoms with van der Waals surface area (Å²) in [6.07, 6.45) is 0. The molecule has 1 amide bonds. The minimum absolute atomic E-state index is 0.134. The molecular formula is C24H17F4NO2. The molecule has 0 aliphatic heterocycles. The van der Waals surface area contributed by atoms with Crippen LogP contribution < -0.4 is 5.32 Å². The van der Waals surface area contributed by atoms with E-state index in [0.29, 0.717) is 5.56 Å². The summed E-state index contributed by atoms with van der Waals surface area (Å²) in [5.41, 5.74) is 0.996. The molecule has 0 fully saturated rings. The van der Waals surface area contributed by atoms with Crippen LogP contribution in [0.25, 0.3) is 11.1 Å². The molecule has 2 N–H and O–H groups in total. The molecule has 3 aromatic carbocycles. The number of phenols is 1. The second kappa shape index (κ2) is 9.75. The van der Waals surface area contributed by atoms with Crippen LogP contribution in [0.15, 0.2) is 78.9 Å². The van der Waals surface area contributed by atoms with Crippen LogP contribution in [0.5, 0.6) is 5.75 Å². The number of aromatic hydroxyl groups is 1. The molecule has 0 spiro atoms. The number of carbonyl (C=O) groups is 1. The molecule has 0 aliphatic rings. The molecule has 3 aromatic rings. The minimum Gasteiger partial charge on any atom is -0.503 e. The molecule has 0 saturated carbocycles. The van der Waals surface area contributed by atoms with E-state index in [2.05, 4.69) is 5.32 Å². The van der Waals surface area contributed by atoms with Crippen molar-refractivity contribution in [1.29, 1.82) is 0 Å². The number of phenolic OH excluding ortho intramolecular Hbond substituents is 1. The van der Waals surface area contributed by atoms with Crippen molar-refractivity contribution in [3.05, 3.63) is 113 Å². The van der Waals surface area contributed by atoms with Crippen molar-refractivity contribution >= 4 is 5.91 Å². The van der Waals surface area contributed by atoms with E-state index in [1.807, 2.05) is 54.6 Å². The maximum atomic E-state index is 13.8. The topological polar surface area (TPSA) is 49.3 Å². The molecule has 0 saturated heterocycles. The quantitative estimate of drug-likeness (QED) is 0.416. The fourth-order valence-corrected chi connectivity index (χ4v) is 2.79. The Morgan fingerprint density at radius 1 is 0.677 bits per heavy atom. The Kier molecular flexibility index (Phi) is 6.87. The summed E-state index contributed by atoms with van der Waals surface area (Å²) in [6.45, 7) is -0.134. The summed E-state index contributed by atoms with van der Waals surface area (Å²) in [4.78, 5) is 12.1. The zero-order valence-electron chi connectivity index (χ0n) is 16.1. The fourth-order valence-electron chi connectivity index (χ4n) is 2.79. The van der Waals surface area contributed by atoms with Gasteiger partial charge >= 0.3 is 0 Å². The number of hydrogen-bond acceptors (Lipinski definition) is 2. The fraction of sp³-hybridized carbons (Fsp3) is 0.0417. The van der Waals surface area contributed by atoms with Gasteiger partial charge in [0.1, 0.15) is 5.56 Å². The first kappa shape index (κ1) is 21.8. The number of benzene rings is 2. The van der Waals surface area contributed by atoms with Crippen molar-refractivity contribution in [1.82, 2.24) is 5.32 Å². The molecule has 158 valence electrons. The average Bonchev–Trinajstić information content (AvgIpc) is 2.79. The lowest BCUT2D eigenvalue weighted by atomic mass is 10.0.